The zero-order valence-corrected chi connectivity index (χ0v) is 9.51. The standard InChI is InChI=1S/C16H8N2/c1-18-16-5-3-2-4-15(16)11-10-13-6-8-14(12-17)9-7-13/h2-9H. The molecule has 0 spiro atoms. The number of hydrogen-bond donors (Lipinski definition) is 0. The Morgan fingerprint density at radius 1 is 0.889 bits per heavy atom. The van der Waals surface area contributed by atoms with Gasteiger partial charge in [0, 0.05) is 11.1 Å². The Bertz CT molecular complexity index is 702. The summed E-state index contributed by atoms with van der Waals surface area (Å²) in [6.07, 6.45) is 0. The van der Waals surface area contributed by atoms with Crippen LogP contribution in [0.5, 0.6) is 0 Å². The van der Waals surface area contributed by atoms with E-state index in [1.54, 1.807) is 30.3 Å². The Hall–Kier alpha value is -3.02. The quantitative estimate of drug-likeness (QED) is 0.501. The number of nitrogens with zero attached hydrogens (tertiary/aromatic N) is 2. The Morgan fingerprint density at radius 2 is 1.56 bits per heavy atom. The first kappa shape index (κ1) is 11.5. The lowest BCUT2D eigenvalue weighted by atomic mass is 10.1. The van der Waals surface area contributed by atoms with Gasteiger partial charge in [0.1, 0.15) is 0 Å². The van der Waals surface area contributed by atoms with Crippen LogP contribution in [-0.2, 0) is 0 Å². The molecule has 0 unspecified atom stereocenters. The van der Waals surface area contributed by atoms with E-state index in [1.165, 1.54) is 0 Å². The predicted molar refractivity (Wildman–Crippen MR) is 69.8 cm³/mol. The van der Waals surface area contributed by atoms with E-state index >= 15 is 0 Å². The molecule has 0 atom stereocenters. The van der Waals surface area contributed by atoms with Gasteiger partial charge in [-0.2, -0.15) is 5.26 Å². The maximum atomic E-state index is 8.69. The molecule has 0 radical (unpaired) electrons. The van der Waals surface area contributed by atoms with Crippen LogP contribution in [0.2, 0.25) is 0 Å². The Balaban J connectivity index is 2.32. The summed E-state index contributed by atoms with van der Waals surface area (Å²) in [7, 11) is 0. The van der Waals surface area contributed by atoms with E-state index in [0.29, 0.717) is 11.3 Å². The molecule has 0 aliphatic heterocycles. The highest BCUT2D eigenvalue weighted by Gasteiger charge is 1.96. The van der Waals surface area contributed by atoms with E-state index < -0.39 is 0 Å². The summed E-state index contributed by atoms with van der Waals surface area (Å²) < 4.78 is 0. The summed E-state index contributed by atoms with van der Waals surface area (Å²) in [4.78, 5) is 3.41. The molecule has 0 N–H and O–H groups in total. The van der Waals surface area contributed by atoms with Crippen LogP contribution in [0.3, 0.4) is 0 Å². The lowest BCUT2D eigenvalue weighted by molar-refractivity contribution is 1.48. The second-order valence-electron chi connectivity index (χ2n) is 3.57. The largest absolute Gasteiger partial charge is 0.237 e. The smallest absolute Gasteiger partial charge is 0.202 e. The van der Waals surface area contributed by atoms with Crippen LogP contribution < -0.4 is 0 Å². The minimum atomic E-state index is 0.554. The fourth-order valence-corrected chi connectivity index (χ4v) is 1.44. The first-order valence-electron chi connectivity index (χ1n) is 5.32. The molecule has 0 aliphatic carbocycles. The Kier molecular flexibility index (Phi) is 3.41. The number of para-hydroxylation sites is 1. The van der Waals surface area contributed by atoms with Gasteiger partial charge in [0.25, 0.3) is 0 Å². The third kappa shape index (κ3) is 2.56. The first-order valence-corrected chi connectivity index (χ1v) is 5.32. The van der Waals surface area contributed by atoms with Crippen molar-refractivity contribution in [3.05, 3.63) is 76.6 Å². The second-order valence-corrected chi connectivity index (χ2v) is 3.57. The molecule has 0 bridgehead atoms. The van der Waals surface area contributed by atoms with E-state index in [4.69, 9.17) is 11.8 Å². The molecule has 0 aromatic heterocycles. The summed E-state index contributed by atoms with van der Waals surface area (Å²) in [5.74, 6) is 5.96. The normalized spacial score (nSPS) is 8.56. The minimum absolute atomic E-state index is 0.554. The molecule has 0 heterocycles. The molecule has 2 aromatic carbocycles. The number of benzene rings is 2. The summed E-state index contributed by atoms with van der Waals surface area (Å²) in [6, 6.07) is 16.4. The third-order valence-corrected chi connectivity index (χ3v) is 2.38. The van der Waals surface area contributed by atoms with Crippen molar-refractivity contribution >= 4 is 5.69 Å². The van der Waals surface area contributed by atoms with Crippen LogP contribution in [0.25, 0.3) is 4.85 Å². The van der Waals surface area contributed by atoms with Gasteiger partial charge in [-0.05, 0) is 24.3 Å². The van der Waals surface area contributed by atoms with Gasteiger partial charge in [-0.3, -0.25) is 0 Å². The van der Waals surface area contributed by atoms with E-state index in [0.717, 1.165) is 11.1 Å². The van der Waals surface area contributed by atoms with Gasteiger partial charge in [-0.25, -0.2) is 4.85 Å². The summed E-state index contributed by atoms with van der Waals surface area (Å²) in [6.45, 7) is 7.04. The molecule has 0 fully saturated rings. The van der Waals surface area contributed by atoms with Crippen molar-refractivity contribution in [1.82, 2.24) is 0 Å². The SMILES string of the molecule is [C-]#[N+]c1ccccc1C#Cc1ccc(C#N)cc1. The van der Waals surface area contributed by atoms with Crippen LogP contribution in [0.4, 0.5) is 5.69 Å². The van der Waals surface area contributed by atoms with Gasteiger partial charge in [-0.15, -0.1) is 0 Å². The molecule has 82 valence electrons. The van der Waals surface area contributed by atoms with Crippen molar-refractivity contribution in [2.24, 2.45) is 0 Å². The molecule has 0 amide bonds. The van der Waals surface area contributed by atoms with Gasteiger partial charge in [-0.1, -0.05) is 36.1 Å². The zero-order valence-electron chi connectivity index (χ0n) is 9.51. The van der Waals surface area contributed by atoms with Crippen LogP contribution in [-0.4, -0.2) is 0 Å². The van der Waals surface area contributed by atoms with Gasteiger partial charge >= 0.3 is 0 Å². The first-order chi connectivity index (χ1) is 8.83. The summed E-state index contributed by atoms with van der Waals surface area (Å²) in [5.41, 5.74) is 2.71. The van der Waals surface area contributed by atoms with Crippen molar-refractivity contribution in [2.45, 2.75) is 0 Å². The maximum Gasteiger partial charge on any atom is 0.202 e. The third-order valence-electron chi connectivity index (χ3n) is 2.38. The van der Waals surface area contributed by atoms with Crippen molar-refractivity contribution in [2.75, 3.05) is 0 Å². The lowest BCUT2D eigenvalue weighted by Crippen LogP contribution is -1.78. The van der Waals surface area contributed by atoms with E-state index in [-0.39, 0.29) is 0 Å². The molecular weight excluding hydrogens is 220 g/mol. The van der Waals surface area contributed by atoms with Crippen molar-refractivity contribution in [1.29, 1.82) is 5.26 Å². The highest BCUT2D eigenvalue weighted by Crippen LogP contribution is 2.17. The van der Waals surface area contributed by atoms with Crippen LogP contribution in [0.1, 0.15) is 16.7 Å². The molecule has 2 heteroatoms. The number of nitriles is 1. The van der Waals surface area contributed by atoms with Crippen molar-refractivity contribution in [3.8, 4) is 17.9 Å². The summed E-state index contributed by atoms with van der Waals surface area (Å²) in [5, 5.41) is 8.69. The monoisotopic (exact) mass is 228 g/mol. The number of hydrogen-bond acceptors (Lipinski definition) is 1. The molecule has 2 rings (SSSR count). The van der Waals surface area contributed by atoms with Crippen LogP contribution >= 0.6 is 0 Å². The molecular formula is C16H8N2. The molecule has 0 aliphatic rings. The fraction of sp³-hybridized carbons (Fsp3) is 0. The average Bonchev–Trinajstić information content (AvgIpc) is 2.46. The maximum absolute atomic E-state index is 8.69. The molecule has 0 saturated heterocycles. The topological polar surface area (TPSA) is 28.1 Å². The van der Waals surface area contributed by atoms with Crippen LogP contribution in [0.15, 0.2) is 48.5 Å². The van der Waals surface area contributed by atoms with Crippen LogP contribution in [0, 0.1) is 29.7 Å². The van der Waals surface area contributed by atoms with E-state index in [9.17, 15) is 0 Å². The lowest BCUT2D eigenvalue weighted by Gasteiger charge is -1.93. The number of rotatable bonds is 0. The highest BCUT2D eigenvalue weighted by molar-refractivity contribution is 5.60. The van der Waals surface area contributed by atoms with E-state index in [2.05, 4.69) is 22.8 Å². The van der Waals surface area contributed by atoms with Crippen molar-refractivity contribution in [3.63, 3.8) is 0 Å². The van der Waals surface area contributed by atoms with E-state index in [1.807, 2.05) is 18.2 Å². The zero-order chi connectivity index (χ0) is 12.8. The second kappa shape index (κ2) is 5.35. The summed E-state index contributed by atoms with van der Waals surface area (Å²) >= 11 is 0. The van der Waals surface area contributed by atoms with Gasteiger partial charge in [0.05, 0.1) is 18.2 Å². The minimum Gasteiger partial charge on any atom is -0.237 e. The van der Waals surface area contributed by atoms with Gasteiger partial charge in [0.15, 0.2) is 0 Å². The predicted octanol–water partition coefficient (Wildman–Crippen LogP) is 3.51. The Labute approximate surface area is 106 Å². The molecule has 2 aromatic rings. The fourth-order valence-electron chi connectivity index (χ4n) is 1.44. The highest BCUT2D eigenvalue weighted by atomic mass is 14.6. The molecule has 2 nitrogen and oxygen atoms in total. The Morgan fingerprint density at radius 3 is 2.22 bits per heavy atom. The average molecular weight is 228 g/mol. The van der Waals surface area contributed by atoms with Gasteiger partial charge in [0.2, 0.25) is 5.69 Å². The molecule has 18 heavy (non-hydrogen) atoms. The molecule has 0 saturated carbocycles. The van der Waals surface area contributed by atoms with Gasteiger partial charge < -0.3 is 0 Å². The van der Waals surface area contributed by atoms with Crippen molar-refractivity contribution < 1.29 is 0 Å².